The molecule has 1 fully saturated rings. The molecule has 0 saturated carbocycles. The van der Waals surface area contributed by atoms with Gasteiger partial charge in [-0.2, -0.15) is 0 Å². The second-order valence-corrected chi connectivity index (χ2v) is 5.86. The van der Waals surface area contributed by atoms with Crippen molar-refractivity contribution in [3.05, 3.63) is 0 Å². The first-order valence-corrected chi connectivity index (χ1v) is 7.73. The van der Waals surface area contributed by atoms with Gasteiger partial charge in [-0.3, -0.25) is 9.69 Å². The normalized spacial score (nSPS) is 19.8. The van der Waals surface area contributed by atoms with Crippen molar-refractivity contribution >= 4 is 5.97 Å². The fourth-order valence-electron chi connectivity index (χ4n) is 3.00. The molecular formula is C15H30N2O2. The minimum Gasteiger partial charge on any atom is -0.480 e. The average Bonchev–Trinajstić information content (AvgIpc) is 2.39. The summed E-state index contributed by atoms with van der Waals surface area (Å²) in [7, 11) is 2.20. The minimum atomic E-state index is -0.666. The summed E-state index contributed by atoms with van der Waals surface area (Å²) >= 11 is 0. The Labute approximate surface area is 117 Å². The van der Waals surface area contributed by atoms with Gasteiger partial charge in [-0.25, -0.2) is 0 Å². The van der Waals surface area contributed by atoms with Crippen molar-refractivity contribution in [3.63, 3.8) is 0 Å². The van der Waals surface area contributed by atoms with E-state index in [0.717, 1.165) is 38.4 Å². The number of rotatable bonds is 8. The van der Waals surface area contributed by atoms with Crippen LogP contribution >= 0.6 is 0 Å². The monoisotopic (exact) mass is 270 g/mol. The fraction of sp³-hybridized carbons (Fsp3) is 0.933. The topological polar surface area (TPSA) is 43.8 Å². The maximum Gasteiger partial charge on any atom is 0.320 e. The van der Waals surface area contributed by atoms with E-state index in [0.29, 0.717) is 6.42 Å². The number of piperidine rings is 1. The first-order valence-electron chi connectivity index (χ1n) is 7.73. The van der Waals surface area contributed by atoms with Gasteiger partial charge in [-0.05, 0) is 58.3 Å². The summed E-state index contributed by atoms with van der Waals surface area (Å²) in [4.78, 5) is 15.7. The van der Waals surface area contributed by atoms with Crippen molar-refractivity contribution in [2.45, 2.75) is 52.0 Å². The molecule has 4 nitrogen and oxygen atoms in total. The molecule has 19 heavy (non-hydrogen) atoms. The molecule has 1 N–H and O–H groups in total. The van der Waals surface area contributed by atoms with E-state index in [1.165, 1.54) is 19.4 Å². The molecule has 1 atom stereocenters. The Bertz CT molecular complexity index is 263. The van der Waals surface area contributed by atoms with E-state index in [9.17, 15) is 9.90 Å². The van der Waals surface area contributed by atoms with E-state index in [4.69, 9.17) is 0 Å². The van der Waals surface area contributed by atoms with Crippen molar-refractivity contribution in [2.24, 2.45) is 5.92 Å². The van der Waals surface area contributed by atoms with Crippen molar-refractivity contribution in [1.82, 2.24) is 9.80 Å². The molecule has 0 aliphatic carbocycles. The highest BCUT2D eigenvalue weighted by molar-refractivity contribution is 5.73. The molecule has 0 bridgehead atoms. The van der Waals surface area contributed by atoms with Crippen LogP contribution in [0.3, 0.4) is 0 Å². The van der Waals surface area contributed by atoms with E-state index in [1.807, 2.05) is 6.92 Å². The summed E-state index contributed by atoms with van der Waals surface area (Å²) in [5, 5.41) is 9.18. The highest BCUT2D eigenvalue weighted by Crippen LogP contribution is 2.21. The predicted molar refractivity (Wildman–Crippen MR) is 78.4 cm³/mol. The zero-order valence-corrected chi connectivity index (χ0v) is 12.8. The van der Waals surface area contributed by atoms with Crippen LogP contribution in [0.25, 0.3) is 0 Å². The third-order valence-corrected chi connectivity index (χ3v) is 4.22. The van der Waals surface area contributed by atoms with Gasteiger partial charge in [-0.15, -0.1) is 0 Å². The standard InChI is InChI=1S/C15H30N2O2/c1-4-6-9-16(3)12-13-7-10-17(11-8-13)14(5-2)15(18)19/h13-14H,4-12H2,1-3H3,(H,18,19). The van der Waals surface area contributed by atoms with Crippen molar-refractivity contribution in [3.8, 4) is 0 Å². The van der Waals surface area contributed by atoms with Gasteiger partial charge in [0, 0.05) is 6.54 Å². The zero-order valence-electron chi connectivity index (χ0n) is 12.8. The summed E-state index contributed by atoms with van der Waals surface area (Å²) < 4.78 is 0. The first-order chi connectivity index (χ1) is 9.08. The summed E-state index contributed by atoms with van der Waals surface area (Å²) in [5.74, 6) is 0.0745. The minimum absolute atomic E-state index is 0.279. The second kappa shape index (κ2) is 8.54. The van der Waals surface area contributed by atoms with E-state index in [1.54, 1.807) is 0 Å². The van der Waals surface area contributed by atoms with E-state index in [2.05, 4.69) is 23.8 Å². The molecule has 4 heteroatoms. The zero-order chi connectivity index (χ0) is 14.3. The molecule has 1 aliphatic heterocycles. The Morgan fingerprint density at radius 2 is 2.00 bits per heavy atom. The van der Waals surface area contributed by atoms with Crippen LogP contribution in [0.2, 0.25) is 0 Å². The number of aliphatic carboxylic acids is 1. The number of unbranched alkanes of at least 4 members (excludes halogenated alkanes) is 1. The van der Waals surface area contributed by atoms with Gasteiger partial charge in [0.2, 0.25) is 0 Å². The van der Waals surface area contributed by atoms with Gasteiger partial charge in [-0.1, -0.05) is 20.3 Å². The molecular weight excluding hydrogens is 240 g/mol. The van der Waals surface area contributed by atoms with Gasteiger partial charge < -0.3 is 10.0 Å². The van der Waals surface area contributed by atoms with Crippen LogP contribution in [0.5, 0.6) is 0 Å². The quantitative estimate of drug-likeness (QED) is 0.735. The van der Waals surface area contributed by atoms with Crippen LogP contribution < -0.4 is 0 Å². The van der Waals surface area contributed by atoms with Gasteiger partial charge in [0.1, 0.15) is 6.04 Å². The number of carbonyl (C=O) groups is 1. The smallest absolute Gasteiger partial charge is 0.320 e. The second-order valence-electron chi connectivity index (χ2n) is 5.86. The number of hydrogen-bond acceptors (Lipinski definition) is 3. The van der Waals surface area contributed by atoms with Crippen LogP contribution in [0.1, 0.15) is 46.0 Å². The van der Waals surface area contributed by atoms with Crippen LogP contribution in [0, 0.1) is 5.92 Å². The Kier molecular flexibility index (Phi) is 7.39. The SMILES string of the molecule is CCCCN(C)CC1CCN(C(CC)C(=O)O)CC1. The molecule has 0 aromatic rings. The lowest BCUT2D eigenvalue weighted by Gasteiger charge is -2.36. The summed E-state index contributed by atoms with van der Waals surface area (Å²) in [6.07, 6.45) is 5.50. The molecule has 1 unspecified atom stereocenters. The van der Waals surface area contributed by atoms with Crippen LogP contribution in [-0.2, 0) is 4.79 Å². The van der Waals surface area contributed by atoms with Gasteiger partial charge in [0.15, 0.2) is 0 Å². The number of hydrogen-bond donors (Lipinski definition) is 1. The van der Waals surface area contributed by atoms with Gasteiger partial charge in [0.25, 0.3) is 0 Å². The van der Waals surface area contributed by atoms with Crippen LogP contribution in [0.4, 0.5) is 0 Å². The van der Waals surface area contributed by atoms with Crippen molar-refractivity contribution < 1.29 is 9.90 Å². The van der Waals surface area contributed by atoms with E-state index in [-0.39, 0.29) is 6.04 Å². The van der Waals surface area contributed by atoms with Gasteiger partial charge >= 0.3 is 5.97 Å². The molecule has 0 spiro atoms. The van der Waals surface area contributed by atoms with E-state index >= 15 is 0 Å². The Morgan fingerprint density at radius 3 is 2.47 bits per heavy atom. The number of likely N-dealkylation sites (tertiary alicyclic amines) is 1. The third-order valence-electron chi connectivity index (χ3n) is 4.22. The first kappa shape index (κ1) is 16.4. The van der Waals surface area contributed by atoms with E-state index < -0.39 is 5.97 Å². The highest BCUT2D eigenvalue weighted by Gasteiger charge is 2.28. The Hall–Kier alpha value is -0.610. The maximum absolute atomic E-state index is 11.2. The summed E-state index contributed by atoms with van der Waals surface area (Å²) in [6, 6.07) is -0.279. The Balaban J connectivity index is 2.30. The Morgan fingerprint density at radius 1 is 1.37 bits per heavy atom. The van der Waals surface area contributed by atoms with Crippen LogP contribution in [-0.4, -0.2) is 60.1 Å². The largest absolute Gasteiger partial charge is 0.480 e. The molecule has 112 valence electrons. The van der Waals surface area contributed by atoms with Crippen molar-refractivity contribution in [1.29, 1.82) is 0 Å². The molecule has 0 aromatic heterocycles. The predicted octanol–water partition coefficient (Wildman–Crippen LogP) is 2.29. The number of nitrogens with zero attached hydrogens (tertiary/aromatic N) is 2. The lowest BCUT2D eigenvalue weighted by Crippen LogP contribution is -2.46. The van der Waals surface area contributed by atoms with Gasteiger partial charge in [0.05, 0.1) is 0 Å². The number of carboxylic acids is 1. The fourth-order valence-corrected chi connectivity index (χ4v) is 3.00. The molecule has 1 heterocycles. The molecule has 0 amide bonds. The number of carboxylic acid groups (broad SMARTS) is 1. The van der Waals surface area contributed by atoms with Crippen molar-refractivity contribution in [2.75, 3.05) is 33.2 Å². The molecule has 1 rings (SSSR count). The lowest BCUT2D eigenvalue weighted by molar-refractivity contribution is -0.144. The summed E-state index contributed by atoms with van der Waals surface area (Å²) in [6.45, 7) is 8.42. The third kappa shape index (κ3) is 5.49. The lowest BCUT2D eigenvalue weighted by atomic mass is 9.94. The maximum atomic E-state index is 11.2. The molecule has 0 radical (unpaired) electrons. The molecule has 1 aliphatic rings. The van der Waals surface area contributed by atoms with Crippen LogP contribution in [0.15, 0.2) is 0 Å². The average molecular weight is 270 g/mol. The highest BCUT2D eigenvalue weighted by atomic mass is 16.4. The molecule has 0 aromatic carbocycles. The molecule has 1 saturated heterocycles. The summed E-state index contributed by atoms with van der Waals surface area (Å²) in [5.41, 5.74) is 0.